The number of rotatable bonds is 0. The molecule has 0 saturated heterocycles. The van der Waals surface area contributed by atoms with E-state index in [0.717, 1.165) is 89.5 Å². The Morgan fingerprint density at radius 3 is 1.20 bits per heavy atom. The van der Waals surface area contributed by atoms with Crippen molar-refractivity contribution in [3.05, 3.63) is 109 Å². The van der Waals surface area contributed by atoms with Crippen molar-refractivity contribution in [2.75, 3.05) is 0 Å². The first-order valence-electron chi connectivity index (χ1n) is 13.6. The highest BCUT2D eigenvalue weighted by Gasteiger charge is 2.43. The van der Waals surface area contributed by atoms with Gasteiger partial charge in [0.1, 0.15) is 46.0 Å². The highest BCUT2D eigenvalue weighted by atomic mass is 16.5. The third kappa shape index (κ3) is 2.54. The van der Waals surface area contributed by atoms with Gasteiger partial charge in [0.2, 0.25) is 0 Å². The highest BCUT2D eigenvalue weighted by Crippen LogP contribution is 2.42. The van der Waals surface area contributed by atoms with Gasteiger partial charge in [0.15, 0.2) is 0 Å². The third-order valence-electron chi connectivity index (χ3n) is 8.74. The van der Waals surface area contributed by atoms with Gasteiger partial charge in [-0.1, -0.05) is 72.8 Å². The predicted octanol–water partition coefficient (Wildman–Crippen LogP) is 4.30. The summed E-state index contributed by atoms with van der Waals surface area (Å²) in [6.07, 6.45) is 0. The van der Waals surface area contributed by atoms with Gasteiger partial charge >= 0.3 is 0 Å². The fraction of sp³-hybridized carbons (Fsp3) is 0. The molecule has 0 fully saturated rings. The Morgan fingerprint density at radius 2 is 0.725 bits per heavy atom. The molecule has 0 radical (unpaired) electrons. The fourth-order valence-corrected chi connectivity index (χ4v) is 7.08. The van der Waals surface area contributed by atoms with Crippen LogP contribution < -0.4 is 51.7 Å². The van der Waals surface area contributed by atoms with Crippen molar-refractivity contribution < 1.29 is 18.9 Å². The van der Waals surface area contributed by atoms with Crippen LogP contribution in [0.1, 0.15) is 0 Å². The highest BCUT2D eigenvalue weighted by molar-refractivity contribution is 6.99. The Morgan fingerprint density at radius 1 is 0.325 bits per heavy atom. The van der Waals surface area contributed by atoms with E-state index in [-0.39, 0.29) is 13.4 Å². The van der Waals surface area contributed by atoms with E-state index in [9.17, 15) is 0 Å². The molecule has 0 aliphatic carbocycles. The molecule has 4 nitrogen and oxygen atoms in total. The summed E-state index contributed by atoms with van der Waals surface area (Å²) in [7, 11) is 0. The summed E-state index contributed by atoms with van der Waals surface area (Å²) in [6, 6.07) is 37.5. The average molecular weight is 512 g/mol. The summed E-state index contributed by atoms with van der Waals surface area (Å²) in [5.74, 6) is 6.92. The van der Waals surface area contributed by atoms with Crippen LogP contribution >= 0.6 is 0 Å². The van der Waals surface area contributed by atoms with E-state index in [1.165, 1.54) is 0 Å². The molecular weight excluding hydrogens is 494 g/mol. The van der Waals surface area contributed by atoms with Gasteiger partial charge in [-0.15, -0.1) is 0 Å². The Hall–Kier alpha value is -5.09. The molecule has 0 saturated carbocycles. The van der Waals surface area contributed by atoms with Crippen molar-refractivity contribution in [3.8, 4) is 46.0 Å². The molecular formula is C34H18B2O4. The topological polar surface area (TPSA) is 36.9 Å². The van der Waals surface area contributed by atoms with E-state index >= 15 is 0 Å². The molecule has 0 atom stereocenters. The first-order valence-corrected chi connectivity index (χ1v) is 13.6. The van der Waals surface area contributed by atoms with Gasteiger partial charge in [0.05, 0.1) is 0 Å². The van der Waals surface area contributed by atoms with Crippen LogP contribution in [-0.4, -0.2) is 13.4 Å². The summed E-state index contributed by atoms with van der Waals surface area (Å²) >= 11 is 0. The Bertz CT molecular complexity index is 1950. The summed E-state index contributed by atoms with van der Waals surface area (Å²) < 4.78 is 26.0. The Balaban J connectivity index is 1.23. The van der Waals surface area contributed by atoms with Gasteiger partial charge in [0.25, 0.3) is 13.4 Å². The quantitative estimate of drug-likeness (QED) is 0.284. The molecule has 10 rings (SSSR count). The Kier molecular flexibility index (Phi) is 3.80. The molecule has 0 aromatic heterocycles. The molecule has 6 aromatic rings. The van der Waals surface area contributed by atoms with Crippen LogP contribution in [0.5, 0.6) is 46.0 Å². The molecule has 4 heterocycles. The van der Waals surface area contributed by atoms with Crippen molar-refractivity contribution in [2.24, 2.45) is 0 Å². The van der Waals surface area contributed by atoms with Crippen molar-refractivity contribution >= 4 is 57.0 Å². The van der Waals surface area contributed by atoms with Gasteiger partial charge in [-0.25, -0.2) is 0 Å². The van der Waals surface area contributed by atoms with E-state index in [1.807, 2.05) is 60.7 Å². The van der Waals surface area contributed by atoms with E-state index < -0.39 is 0 Å². The van der Waals surface area contributed by atoms with Gasteiger partial charge in [-0.3, -0.25) is 0 Å². The molecule has 6 aromatic carbocycles. The maximum atomic E-state index is 6.70. The van der Waals surface area contributed by atoms with E-state index in [1.54, 1.807) is 0 Å². The van der Waals surface area contributed by atoms with Crippen LogP contribution in [-0.2, 0) is 0 Å². The molecule has 0 N–H and O–H groups in total. The average Bonchev–Trinajstić information content (AvgIpc) is 3.00. The van der Waals surface area contributed by atoms with Crippen LogP contribution in [0.25, 0.3) is 10.8 Å². The molecule has 184 valence electrons. The smallest absolute Gasteiger partial charge is 0.260 e. The summed E-state index contributed by atoms with van der Waals surface area (Å²) in [5, 5.41) is 2.08. The van der Waals surface area contributed by atoms with E-state index in [4.69, 9.17) is 18.9 Å². The number of fused-ring (bicyclic) bond motifs is 11. The zero-order chi connectivity index (χ0) is 25.9. The SMILES string of the molecule is c1ccc2c(c1)Oc1cccc3c1B2c1ccc2c4c(ccc2c1O3)B1c2ccccc2Oc2cccc(c21)O4. The van der Waals surface area contributed by atoms with Crippen LogP contribution in [0.15, 0.2) is 109 Å². The maximum Gasteiger partial charge on any atom is 0.260 e. The fourth-order valence-electron chi connectivity index (χ4n) is 7.08. The van der Waals surface area contributed by atoms with E-state index in [2.05, 4.69) is 48.5 Å². The molecule has 40 heavy (non-hydrogen) atoms. The lowest BCUT2D eigenvalue weighted by atomic mass is 9.34. The number of hydrogen-bond acceptors (Lipinski definition) is 4. The lowest BCUT2D eigenvalue weighted by Crippen LogP contribution is -2.58. The van der Waals surface area contributed by atoms with Crippen molar-refractivity contribution in [2.45, 2.75) is 0 Å². The lowest BCUT2D eigenvalue weighted by molar-refractivity contribution is 0.464. The zero-order valence-corrected chi connectivity index (χ0v) is 21.2. The van der Waals surface area contributed by atoms with E-state index in [0.29, 0.717) is 0 Å². The normalized spacial score (nSPS) is 14.2. The third-order valence-corrected chi connectivity index (χ3v) is 8.74. The lowest BCUT2D eigenvalue weighted by Gasteiger charge is -2.35. The second kappa shape index (κ2) is 7.30. The number of benzene rings is 6. The molecule has 0 unspecified atom stereocenters. The minimum atomic E-state index is 0.0342. The van der Waals surface area contributed by atoms with Gasteiger partial charge in [0, 0.05) is 21.7 Å². The standard InChI is InChI=1S/C34H18B2O4/c1-3-9-25-21(7-1)35-23-17-15-20-19(33(23)39-29-13-5-11-27(37-25)31(29)35)16-18-24-34(20)40-30-14-6-12-28-32(30)36(24)22-8-2-4-10-26(22)38-28/h1-18H. The summed E-state index contributed by atoms with van der Waals surface area (Å²) in [6.45, 7) is 0.0683. The molecule has 0 spiro atoms. The van der Waals surface area contributed by atoms with Crippen LogP contribution in [0, 0.1) is 0 Å². The Labute approximate surface area is 230 Å². The monoisotopic (exact) mass is 512 g/mol. The van der Waals surface area contributed by atoms with Crippen LogP contribution in [0.2, 0.25) is 0 Å². The molecule has 6 heteroatoms. The summed E-state index contributed by atoms with van der Waals surface area (Å²) in [5.41, 5.74) is 6.75. The maximum absolute atomic E-state index is 6.70. The second-order valence-electron chi connectivity index (χ2n) is 10.7. The number of ether oxygens (including phenoxy) is 4. The van der Waals surface area contributed by atoms with Crippen molar-refractivity contribution in [1.82, 2.24) is 0 Å². The first kappa shape index (κ1) is 20.8. The van der Waals surface area contributed by atoms with Crippen molar-refractivity contribution in [1.29, 1.82) is 0 Å². The van der Waals surface area contributed by atoms with Gasteiger partial charge in [-0.2, -0.15) is 0 Å². The largest absolute Gasteiger partial charge is 0.458 e. The van der Waals surface area contributed by atoms with Crippen LogP contribution in [0.4, 0.5) is 0 Å². The summed E-state index contributed by atoms with van der Waals surface area (Å²) in [4.78, 5) is 0. The second-order valence-corrected chi connectivity index (χ2v) is 10.7. The van der Waals surface area contributed by atoms with Crippen molar-refractivity contribution in [3.63, 3.8) is 0 Å². The minimum Gasteiger partial charge on any atom is -0.458 e. The zero-order valence-electron chi connectivity index (χ0n) is 21.2. The van der Waals surface area contributed by atoms with Crippen LogP contribution in [0.3, 0.4) is 0 Å². The van der Waals surface area contributed by atoms with Gasteiger partial charge < -0.3 is 18.9 Å². The molecule has 4 aliphatic rings. The number of hydrogen-bond donors (Lipinski definition) is 0. The predicted molar refractivity (Wildman–Crippen MR) is 159 cm³/mol. The molecule has 0 bridgehead atoms. The van der Waals surface area contributed by atoms with Gasteiger partial charge in [-0.05, 0) is 58.2 Å². The first-order chi connectivity index (χ1) is 19.8. The molecule has 0 amide bonds. The molecule has 4 aliphatic heterocycles. The number of para-hydroxylation sites is 2. The minimum absolute atomic E-state index is 0.0342.